The maximum Gasteiger partial charge on any atom is 0.319 e. The van der Waals surface area contributed by atoms with Crippen LogP contribution in [-0.2, 0) is 14.3 Å². The van der Waals surface area contributed by atoms with E-state index in [1.807, 2.05) is 37.3 Å². The van der Waals surface area contributed by atoms with Gasteiger partial charge in [-0.2, -0.15) is 0 Å². The zero-order valence-electron chi connectivity index (χ0n) is 12.0. The van der Waals surface area contributed by atoms with Gasteiger partial charge in [-0.1, -0.05) is 30.3 Å². The minimum absolute atomic E-state index is 0.0995. The van der Waals surface area contributed by atoms with Crippen molar-refractivity contribution in [3.05, 3.63) is 35.9 Å². The number of morpholine rings is 1. The molecule has 1 saturated carbocycles. The van der Waals surface area contributed by atoms with Crippen molar-refractivity contribution in [3.8, 4) is 0 Å². The molecule has 0 aromatic heterocycles. The Morgan fingerprint density at radius 3 is 2.48 bits per heavy atom. The van der Waals surface area contributed by atoms with E-state index < -0.39 is 11.4 Å². The van der Waals surface area contributed by atoms with Crippen molar-refractivity contribution in [1.29, 1.82) is 0 Å². The lowest BCUT2D eigenvalue weighted by Crippen LogP contribution is -2.50. The molecule has 5 heteroatoms. The summed E-state index contributed by atoms with van der Waals surface area (Å²) >= 11 is 0. The fraction of sp³-hybridized carbons (Fsp3) is 0.500. The summed E-state index contributed by atoms with van der Waals surface area (Å²) in [5.74, 6) is -1.26. The zero-order valence-corrected chi connectivity index (χ0v) is 12.0. The Morgan fingerprint density at radius 1 is 1.24 bits per heavy atom. The van der Waals surface area contributed by atoms with Crippen molar-refractivity contribution in [2.45, 2.75) is 32.0 Å². The maximum atomic E-state index is 12.5. The van der Waals surface area contributed by atoms with Crippen LogP contribution in [0.3, 0.4) is 0 Å². The zero-order chi connectivity index (χ0) is 15.0. The third kappa shape index (κ3) is 2.53. The van der Waals surface area contributed by atoms with Crippen LogP contribution >= 0.6 is 0 Å². The van der Waals surface area contributed by atoms with Crippen LogP contribution < -0.4 is 0 Å². The van der Waals surface area contributed by atoms with Crippen LogP contribution in [0.4, 0.5) is 0 Å². The number of rotatable bonds is 3. The summed E-state index contributed by atoms with van der Waals surface area (Å²) in [4.78, 5) is 25.5. The molecule has 1 aliphatic heterocycles. The molecule has 112 valence electrons. The molecule has 1 saturated heterocycles. The number of carbonyl (C=O) groups excluding carboxylic acids is 1. The highest BCUT2D eigenvalue weighted by molar-refractivity contribution is 6.04. The Balaban J connectivity index is 1.78. The van der Waals surface area contributed by atoms with Gasteiger partial charge < -0.3 is 14.7 Å². The Kier molecular flexibility index (Phi) is 3.45. The summed E-state index contributed by atoms with van der Waals surface area (Å²) in [6.45, 7) is 2.79. The number of aliphatic carboxylic acids is 1. The van der Waals surface area contributed by atoms with E-state index in [0.717, 1.165) is 5.56 Å². The molecule has 2 atom stereocenters. The summed E-state index contributed by atoms with van der Waals surface area (Å²) in [5.41, 5.74) is -0.153. The normalized spacial score (nSPS) is 27.2. The first-order valence-electron chi connectivity index (χ1n) is 7.26. The van der Waals surface area contributed by atoms with Gasteiger partial charge in [-0.3, -0.25) is 9.59 Å². The van der Waals surface area contributed by atoms with E-state index in [9.17, 15) is 14.7 Å². The van der Waals surface area contributed by atoms with Crippen LogP contribution in [0.2, 0.25) is 0 Å². The maximum absolute atomic E-state index is 12.5. The molecule has 1 amide bonds. The van der Waals surface area contributed by atoms with Gasteiger partial charge in [-0.15, -0.1) is 0 Å². The summed E-state index contributed by atoms with van der Waals surface area (Å²) in [5, 5.41) is 9.27. The van der Waals surface area contributed by atoms with Gasteiger partial charge >= 0.3 is 5.97 Å². The topological polar surface area (TPSA) is 66.8 Å². The van der Waals surface area contributed by atoms with E-state index >= 15 is 0 Å². The molecule has 1 aromatic rings. The van der Waals surface area contributed by atoms with Crippen LogP contribution in [0.1, 0.15) is 31.4 Å². The Hall–Kier alpha value is -1.88. The number of amides is 1. The van der Waals surface area contributed by atoms with Gasteiger partial charge in [0.1, 0.15) is 11.5 Å². The average Bonchev–Trinajstić information content (AvgIpc) is 3.28. The summed E-state index contributed by atoms with van der Waals surface area (Å²) in [6.07, 6.45) is 0.604. The van der Waals surface area contributed by atoms with Gasteiger partial charge in [-0.25, -0.2) is 0 Å². The Morgan fingerprint density at radius 2 is 1.90 bits per heavy atom. The van der Waals surface area contributed by atoms with E-state index in [4.69, 9.17) is 4.74 Å². The number of benzene rings is 1. The average molecular weight is 289 g/mol. The first kappa shape index (κ1) is 14.1. The number of hydrogen-bond acceptors (Lipinski definition) is 3. The number of carboxylic acid groups (broad SMARTS) is 1. The molecule has 0 bridgehead atoms. The monoisotopic (exact) mass is 289 g/mol. The molecule has 1 aromatic carbocycles. The van der Waals surface area contributed by atoms with Gasteiger partial charge in [0.2, 0.25) is 5.91 Å². The van der Waals surface area contributed by atoms with Crippen LogP contribution in [0.5, 0.6) is 0 Å². The molecule has 2 aliphatic rings. The van der Waals surface area contributed by atoms with Crippen molar-refractivity contribution >= 4 is 11.9 Å². The largest absolute Gasteiger partial charge is 0.480 e. The van der Waals surface area contributed by atoms with Gasteiger partial charge in [0.15, 0.2) is 0 Å². The SMILES string of the molecule is C[C@H]1CN(C(=O)C2(C(=O)O)CC2)C[C@@H](c2ccccc2)O1. The lowest BCUT2D eigenvalue weighted by molar-refractivity contribution is -0.160. The first-order valence-corrected chi connectivity index (χ1v) is 7.26. The molecule has 0 spiro atoms. The quantitative estimate of drug-likeness (QED) is 0.862. The van der Waals surface area contributed by atoms with E-state index in [1.165, 1.54) is 0 Å². The third-order valence-electron chi connectivity index (χ3n) is 4.29. The molecule has 21 heavy (non-hydrogen) atoms. The van der Waals surface area contributed by atoms with Crippen LogP contribution in [0.25, 0.3) is 0 Å². The molecule has 3 rings (SSSR count). The van der Waals surface area contributed by atoms with Crippen LogP contribution in [0, 0.1) is 5.41 Å². The smallest absolute Gasteiger partial charge is 0.319 e. The molecular weight excluding hydrogens is 270 g/mol. The molecule has 1 aliphatic carbocycles. The number of nitrogens with zero attached hydrogens (tertiary/aromatic N) is 1. The number of carboxylic acids is 1. The minimum Gasteiger partial charge on any atom is -0.480 e. The number of hydrogen-bond donors (Lipinski definition) is 1. The standard InChI is InChI=1S/C16H19NO4/c1-11-9-17(14(18)16(7-8-16)15(19)20)10-13(21-11)12-5-3-2-4-6-12/h2-6,11,13H,7-10H2,1H3,(H,19,20)/t11-,13-/m0/s1. The molecule has 1 N–H and O–H groups in total. The first-order chi connectivity index (χ1) is 10.0. The second-order valence-electron chi connectivity index (χ2n) is 5.94. The number of ether oxygens (including phenoxy) is 1. The Bertz CT molecular complexity index is 553. The van der Waals surface area contributed by atoms with E-state index in [-0.39, 0.29) is 18.1 Å². The van der Waals surface area contributed by atoms with Crippen molar-refractivity contribution in [3.63, 3.8) is 0 Å². The van der Waals surface area contributed by atoms with Gasteiger partial charge in [0, 0.05) is 6.54 Å². The van der Waals surface area contributed by atoms with E-state index in [2.05, 4.69) is 0 Å². The second kappa shape index (κ2) is 5.15. The van der Waals surface area contributed by atoms with Crippen molar-refractivity contribution in [2.24, 2.45) is 5.41 Å². The highest BCUT2D eigenvalue weighted by Crippen LogP contribution is 2.48. The van der Waals surface area contributed by atoms with Gasteiger partial charge in [0.25, 0.3) is 0 Å². The molecular formula is C16H19NO4. The molecule has 0 unspecified atom stereocenters. The van der Waals surface area contributed by atoms with Crippen molar-refractivity contribution in [2.75, 3.05) is 13.1 Å². The lowest BCUT2D eigenvalue weighted by atomic mass is 10.0. The van der Waals surface area contributed by atoms with Crippen LogP contribution in [-0.4, -0.2) is 41.1 Å². The van der Waals surface area contributed by atoms with Crippen LogP contribution in [0.15, 0.2) is 30.3 Å². The van der Waals surface area contributed by atoms with Gasteiger partial charge in [-0.05, 0) is 25.3 Å². The molecule has 1 heterocycles. The fourth-order valence-corrected chi connectivity index (χ4v) is 2.92. The highest BCUT2D eigenvalue weighted by Gasteiger charge is 2.59. The predicted molar refractivity (Wildman–Crippen MR) is 75.6 cm³/mol. The summed E-state index contributed by atoms with van der Waals surface area (Å²) in [6, 6.07) is 9.74. The summed E-state index contributed by atoms with van der Waals surface area (Å²) < 4.78 is 5.90. The lowest BCUT2D eigenvalue weighted by Gasteiger charge is -2.38. The van der Waals surface area contributed by atoms with E-state index in [0.29, 0.717) is 25.9 Å². The summed E-state index contributed by atoms with van der Waals surface area (Å²) in [7, 11) is 0. The van der Waals surface area contributed by atoms with Gasteiger partial charge in [0.05, 0.1) is 12.6 Å². The van der Waals surface area contributed by atoms with E-state index in [1.54, 1.807) is 4.90 Å². The van der Waals surface area contributed by atoms with Crippen molar-refractivity contribution in [1.82, 2.24) is 4.90 Å². The number of carbonyl (C=O) groups is 2. The van der Waals surface area contributed by atoms with Crippen molar-refractivity contribution < 1.29 is 19.4 Å². The highest BCUT2D eigenvalue weighted by atomic mass is 16.5. The molecule has 5 nitrogen and oxygen atoms in total. The third-order valence-corrected chi connectivity index (χ3v) is 4.29. The second-order valence-corrected chi connectivity index (χ2v) is 5.94. The molecule has 2 fully saturated rings. The Labute approximate surface area is 123 Å². The molecule has 0 radical (unpaired) electrons. The minimum atomic E-state index is -1.17. The fourth-order valence-electron chi connectivity index (χ4n) is 2.92. The predicted octanol–water partition coefficient (Wildman–Crippen LogP) is 1.84.